The lowest BCUT2D eigenvalue weighted by Gasteiger charge is -2.08. The molecule has 0 spiro atoms. The fraction of sp³-hybridized carbons (Fsp3) is 0.250. The highest BCUT2D eigenvalue weighted by molar-refractivity contribution is 5.89. The minimum Gasteiger partial charge on any atom is -0.338 e. The number of nitrogens with zero attached hydrogens (tertiary/aromatic N) is 1. The first-order chi connectivity index (χ1) is 9.78. The number of pyridine rings is 1. The number of carbonyl (C=O) groups is 1. The molecular weight excluding hydrogens is 250 g/mol. The third-order valence-corrected chi connectivity index (χ3v) is 3.02. The molecule has 2 amide bonds. The van der Waals surface area contributed by atoms with Crippen LogP contribution in [0.25, 0.3) is 0 Å². The van der Waals surface area contributed by atoms with Gasteiger partial charge in [0.2, 0.25) is 0 Å². The van der Waals surface area contributed by atoms with Crippen LogP contribution in [0.2, 0.25) is 0 Å². The Kier molecular flexibility index (Phi) is 5.12. The number of hydrogen-bond donors (Lipinski definition) is 2. The number of urea groups is 1. The lowest BCUT2D eigenvalue weighted by atomic mass is 10.1. The molecule has 0 aliphatic carbocycles. The van der Waals surface area contributed by atoms with Crippen molar-refractivity contribution in [2.45, 2.75) is 19.8 Å². The van der Waals surface area contributed by atoms with Crippen LogP contribution in [0, 0.1) is 0 Å². The molecule has 0 unspecified atom stereocenters. The summed E-state index contributed by atoms with van der Waals surface area (Å²) in [5.74, 6) is 0. The zero-order chi connectivity index (χ0) is 14.2. The van der Waals surface area contributed by atoms with E-state index in [1.807, 2.05) is 42.6 Å². The number of rotatable bonds is 5. The van der Waals surface area contributed by atoms with E-state index in [-0.39, 0.29) is 6.03 Å². The molecule has 0 aliphatic heterocycles. The van der Waals surface area contributed by atoms with Crippen LogP contribution >= 0.6 is 0 Å². The SMILES string of the molecule is CCc1cccc(NC(=O)NCCc2cccnc2)c1. The largest absolute Gasteiger partial charge is 0.338 e. The van der Waals surface area contributed by atoms with Crippen molar-refractivity contribution in [2.24, 2.45) is 0 Å². The van der Waals surface area contributed by atoms with Gasteiger partial charge in [-0.25, -0.2) is 4.79 Å². The fourth-order valence-electron chi connectivity index (χ4n) is 1.91. The fourth-order valence-corrected chi connectivity index (χ4v) is 1.91. The maximum absolute atomic E-state index is 11.8. The predicted molar refractivity (Wildman–Crippen MR) is 80.8 cm³/mol. The summed E-state index contributed by atoms with van der Waals surface area (Å²) in [5.41, 5.74) is 3.14. The van der Waals surface area contributed by atoms with Crippen LogP contribution in [0.3, 0.4) is 0 Å². The minimum absolute atomic E-state index is 0.179. The van der Waals surface area contributed by atoms with Gasteiger partial charge in [-0.1, -0.05) is 25.1 Å². The van der Waals surface area contributed by atoms with Gasteiger partial charge in [0.25, 0.3) is 0 Å². The summed E-state index contributed by atoms with van der Waals surface area (Å²) in [6, 6.07) is 11.6. The molecule has 104 valence electrons. The lowest BCUT2D eigenvalue weighted by molar-refractivity contribution is 0.252. The Bertz CT molecular complexity index is 555. The standard InChI is InChI=1S/C16H19N3O/c1-2-13-5-3-7-15(11-13)19-16(20)18-10-8-14-6-4-9-17-12-14/h3-7,9,11-12H,2,8,10H2,1H3,(H2,18,19,20). The van der Waals surface area contributed by atoms with E-state index in [4.69, 9.17) is 0 Å². The van der Waals surface area contributed by atoms with Gasteiger partial charge in [-0.2, -0.15) is 0 Å². The van der Waals surface area contributed by atoms with E-state index in [1.165, 1.54) is 5.56 Å². The van der Waals surface area contributed by atoms with Gasteiger partial charge in [-0.15, -0.1) is 0 Å². The highest BCUT2D eigenvalue weighted by Gasteiger charge is 2.01. The monoisotopic (exact) mass is 269 g/mol. The second kappa shape index (κ2) is 7.28. The maximum Gasteiger partial charge on any atom is 0.319 e. The molecule has 1 heterocycles. The molecule has 2 N–H and O–H groups in total. The van der Waals surface area contributed by atoms with Gasteiger partial charge in [0, 0.05) is 24.6 Å². The molecule has 0 fully saturated rings. The number of hydrogen-bond acceptors (Lipinski definition) is 2. The molecule has 0 saturated heterocycles. The number of aryl methyl sites for hydroxylation is 1. The van der Waals surface area contributed by atoms with Crippen LogP contribution in [-0.2, 0) is 12.8 Å². The average molecular weight is 269 g/mol. The normalized spacial score (nSPS) is 10.1. The van der Waals surface area contributed by atoms with Gasteiger partial charge in [0.05, 0.1) is 0 Å². The third-order valence-electron chi connectivity index (χ3n) is 3.02. The summed E-state index contributed by atoms with van der Waals surface area (Å²) in [7, 11) is 0. The molecule has 0 atom stereocenters. The van der Waals surface area contributed by atoms with Gasteiger partial charge in [-0.3, -0.25) is 4.98 Å². The molecule has 4 heteroatoms. The van der Waals surface area contributed by atoms with Crippen molar-refractivity contribution in [1.82, 2.24) is 10.3 Å². The molecule has 1 aromatic carbocycles. The van der Waals surface area contributed by atoms with Crippen molar-refractivity contribution in [3.05, 3.63) is 59.9 Å². The molecule has 20 heavy (non-hydrogen) atoms. The van der Waals surface area contributed by atoms with Gasteiger partial charge in [-0.05, 0) is 42.2 Å². The van der Waals surface area contributed by atoms with Crippen LogP contribution in [-0.4, -0.2) is 17.6 Å². The van der Waals surface area contributed by atoms with Crippen molar-refractivity contribution < 1.29 is 4.79 Å². The second-order valence-electron chi connectivity index (χ2n) is 4.55. The summed E-state index contributed by atoms with van der Waals surface area (Å²) in [4.78, 5) is 15.8. The number of carbonyl (C=O) groups excluding carboxylic acids is 1. The van der Waals surface area contributed by atoms with E-state index >= 15 is 0 Å². The maximum atomic E-state index is 11.8. The average Bonchev–Trinajstić information content (AvgIpc) is 2.48. The lowest BCUT2D eigenvalue weighted by Crippen LogP contribution is -2.30. The Morgan fingerprint density at radius 2 is 2.05 bits per heavy atom. The molecule has 0 bridgehead atoms. The first-order valence-corrected chi connectivity index (χ1v) is 6.80. The summed E-state index contributed by atoms with van der Waals surface area (Å²) < 4.78 is 0. The van der Waals surface area contributed by atoms with E-state index in [0.717, 1.165) is 24.1 Å². The van der Waals surface area contributed by atoms with Gasteiger partial charge >= 0.3 is 6.03 Å². The van der Waals surface area contributed by atoms with E-state index < -0.39 is 0 Å². The van der Waals surface area contributed by atoms with Crippen LogP contribution in [0.1, 0.15) is 18.1 Å². The molecule has 0 radical (unpaired) electrons. The van der Waals surface area contributed by atoms with E-state index in [2.05, 4.69) is 22.5 Å². The highest BCUT2D eigenvalue weighted by atomic mass is 16.2. The van der Waals surface area contributed by atoms with E-state index in [1.54, 1.807) is 6.20 Å². The van der Waals surface area contributed by atoms with Crippen molar-refractivity contribution in [2.75, 3.05) is 11.9 Å². The number of nitrogens with one attached hydrogen (secondary N) is 2. The second-order valence-corrected chi connectivity index (χ2v) is 4.55. The summed E-state index contributed by atoms with van der Waals surface area (Å²) >= 11 is 0. The van der Waals surface area contributed by atoms with Crippen molar-refractivity contribution >= 4 is 11.7 Å². The summed E-state index contributed by atoms with van der Waals surface area (Å²) in [6.07, 6.45) is 5.28. The van der Waals surface area contributed by atoms with Gasteiger partial charge < -0.3 is 10.6 Å². The number of anilines is 1. The number of amides is 2. The van der Waals surface area contributed by atoms with Gasteiger partial charge in [0.15, 0.2) is 0 Å². The molecular formula is C16H19N3O. The minimum atomic E-state index is -0.179. The molecule has 2 aromatic rings. The number of benzene rings is 1. The number of aromatic nitrogens is 1. The van der Waals surface area contributed by atoms with Crippen LogP contribution < -0.4 is 10.6 Å². The van der Waals surface area contributed by atoms with Crippen molar-refractivity contribution in [3.63, 3.8) is 0 Å². The molecule has 0 aliphatic rings. The van der Waals surface area contributed by atoms with Crippen LogP contribution in [0.15, 0.2) is 48.8 Å². The van der Waals surface area contributed by atoms with E-state index in [9.17, 15) is 4.79 Å². The highest BCUT2D eigenvalue weighted by Crippen LogP contribution is 2.10. The van der Waals surface area contributed by atoms with Gasteiger partial charge in [0.1, 0.15) is 0 Å². The molecule has 0 saturated carbocycles. The Morgan fingerprint density at radius 1 is 1.20 bits per heavy atom. The Labute approximate surface area is 119 Å². The van der Waals surface area contributed by atoms with Crippen LogP contribution in [0.5, 0.6) is 0 Å². The summed E-state index contributed by atoms with van der Waals surface area (Å²) in [5, 5.41) is 5.68. The Morgan fingerprint density at radius 3 is 2.80 bits per heavy atom. The Hall–Kier alpha value is -2.36. The third kappa shape index (κ3) is 4.39. The molecule has 1 aromatic heterocycles. The van der Waals surface area contributed by atoms with Crippen molar-refractivity contribution in [1.29, 1.82) is 0 Å². The first kappa shape index (κ1) is 14.1. The smallest absolute Gasteiger partial charge is 0.319 e. The van der Waals surface area contributed by atoms with Crippen molar-refractivity contribution in [3.8, 4) is 0 Å². The zero-order valence-corrected chi connectivity index (χ0v) is 11.6. The zero-order valence-electron chi connectivity index (χ0n) is 11.6. The summed E-state index contributed by atoms with van der Waals surface area (Å²) in [6.45, 7) is 2.68. The van der Waals surface area contributed by atoms with E-state index in [0.29, 0.717) is 6.54 Å². The molecule has 4 nitrogen and oxygen atoms in total. The van der Waals surface area contributed by atoms with Crippen LogP contribution in [0.4, 0.5) is 10.5 Å². The Balaban J connectivity index is 1.77. The predicted octanol–water partition coefficient (Wildman–Crippen LogP) is 3.01. The molecule has 2 rings (SSSR count). The first-order valence-electron chi connectivity index (χ1n) is 6.80. The topological polar surface area (TPSA) is 54.0 Å². The quantitative estimate of drug-likeness (QED) is 0.876.